The zero-order valence-electron chi connectivity index (χ0n) is 17.2. The Morgan fingerprint density at radius 2 is 2.03 bits per heavy atom. The number of piperidine rings is 1. The van der Waals surface area contributed by atoms with E-state index < -0.39 is 6.17 Å². The molecule has 4 heterocycles. The highest BCUT2D eigenvalue weighted by molar-refractivity contribution is 5.88. The van der Waals surface area contributed by atoms with Gasteiger partial charge in [0.1, 0.15) is 11.9 Å². The van der Waals surface area contributed by atoms with Crippen molar-refractivity contribution in [3.63, 3.8) is 0 Å². The van der Waals surface area contributed by atoms with Crippen LogP contribution in [0.1, 0.15) is 26.7 Å². The predicted molar refractivity (Wildman–Crippen MR) is 113 cm³/mol. The Bertz CT molecular complexity index is 1090. The average Bonchev–Trinajstić information content (AvgIpc) is 3.00. The molecular weight excluding hydrogens is 383 g/mol. The third-order valence-corrected chi connectivity index (χ3v) is 6.68. The number of phenols is 1. The number of nitrogens with one attached hydrogen (secondary N) is 1. The van der Waals surface area contributed by atoms with E-state index in [1.54, 1.807) is 24.7 Å². The number of hydrogen-bond donors (Lipinski definition) is 2. The molecule has 5 atom stereocenters. The Hall–Kier alpha value is -2.87. The van der Waals surface area contributed by atoms with Gasteiger partial charge in [0, 0.05) is 36.4 Å². The third-order valence-electron chi connectivity index (χ3n) is 6.68. The lowest BCUT2D eigenvalue weighted by molar-refractivity contribution is 0.136. The standard InChI is InChI=1S/C22H25FN6O/c1-12-8-22(2)9-16(19(23)20(12)26-22)29(3)18-11-25-21(28-27-18)15-6-13-4-5-24-10-14(13)7-17(15)30/h4-7,10-12,16,19-20,26,30H,8-9H2,1-3H3/t12?,16-,19+,20?,22-/m0/s1. The van der Waals surface area contributed by atoms with E-state index >= 15 is 4.39 Å². The molecule has 2 aliphatic rings. The number of halogens is 1. The number of phenolic OH excluding ortho intramolecular Hbond substituents is 1. The van der Waals surface area contributed by atoms with Crippen LogP contribution in [0.15, 0.2) is 36.8 Å². The van der Waals surface area contributed by atoms with Gasteiger partial charge in [-0.2, -0.15) is 0 Å². The molecule has 1 aromatic carbocycles. The lowest BCUT2D eigenvalue weighted by atomic mass is 9.87. The summed E-state index contributed by atoms with van der Waals surface area (Å²) in [5.41, 5.74) is 0.443. The van der Waals surface area contributed by atoms with E-state index in [9.17, 15) is 5.11 Å². The molecule has 156 valence electrons. The summed E-state index contributed by atoms with van der Waals surface area (Å²) in [6.07, 6.45) is 5.68. The summed E-state index contributed by atoms with van der Waals surface area (Å²) in [5, 5.41) is 24.2. The fourth-order valence-corrected chi connectivity index (χ4v) is 5.17. The molecule has 3 aromatic rings. The number of aromatic nitrogens is 4. The first-order valence-electron chi connectivity index (χ1n) is 10.3. The van der Waals surface area contributed by atoms with Crippen LogP contribution in [0.3, 0.4) is 0 Å². The molecule has 2 bridgehead atoms. The highest BCUT2D eigenvalue weighted by Gasteiger charge is 2.52. The van der Waals surface area contributed by atoms with Gasteiger partial charge in [-0.1, -0.05) is 6.92 Å². The highest BCUT2D eigenvalue weighted by atomic mass is 19.1. The lowest BCUT2D eigenvalue weighted by Crippen LogP contribution is -2.60. The van der Waals surface area contributed by atoms with Crippen molar-refractivity contribution in [2.24, 2.45) is 5.92 Å². The van der Waals surface area contributed by atoms with Crippen LogP contribution in [-0.4, -0.2) is 56.1 Å². The molecule has 30 heavy (non-hydrogen) atoms. The van der Waals surface area contributed by atoms with Crippen molar-refractivity contribution in [2.75, 3.05) is 11.9 Å². The third kappa shape index (κ3) is 3.06. The molecule has 2 aliphatic heterocycles. The summed E-state index contributed by atoms with van der Waals surface area (Å²) < 4.78 is 15.2. The molecule has 2 N–H and O–H groups in total. The SMILES string of the molecule is CC1C[C@@]2(C)C[C@H](N(C)c3cnc(-c4cc5ccncc5cc4O)nn3)[C@@H](F)C1N2. The van der Waals surface area contributed by atoms with Gasteiger partial charge >= 0.3 is 0 Å². The first-order chi connectivity index (χ1) is 14.3. The molecule has 0 saturated carbocycles. The van der Waals surface area contributed by atoms with E-state index in [0.717, 1.165) is 17.2 Å². The van der Waals surface area contributed by atoms with Gasteiger partial charge in [-0.15, -0.1) is 10.2 Å². The van der Waals surface area contributed by atoms with Crippen LogP contribution < -0.4 is 10.2 Å². The van der Waals surface area contributed by atoms with E-state index in [1.165, 1.54) is 0 Å². The van der Waals surface area contributed by atoms with Crippen molar-refractivity contribution in [1.82, 2.24) is 25.5 Å². The Morgan fingerprint density at radius 1 is 1.20 bits per heavy atom. The maximum Gasteiger partial charge on any atom is 0.185 e. The normalized spacial score (nSPS) is 30.5. The number of rotatable bonds is 3. The van der Waals surface area contributed by atoms with Gasteiger partial charge in [0.05, 0.1) is 17.8 Å². The molecule has 0 amide bonds. The number of benzene rings is 1. The molecule has 2 aromatic heterocycles. The quantitative estimate of drug-likeness (QED) is 0.689. The largest absolute Gasteiger partial charge is 0.507 e. The van der Waals surface area contributed by atoms with E-state index in [2.05, 4.69) is 39.3 Å². The average molecular weight is 408 g/mol. The van der Waals surface area contributed by atoms with Crippen LogP contribution in [0.25, 0.3) is 22.2 Å². The highest BCUT2D eigenvalue weighted by Crippen LogP contribution is 2.42. The van der Waals surface area contributed by atoms with Gasteiger partial charge in [0.25, 0.3) is 0 Å². The summed E-state index contributed by atoms with van der Waals surface area (Å²) in [6, 6.07) is 4.90. The van der Waals surface area contributed by atoms with Crippen molar-refractivity contribution < 1.29 is 9.50 Å². The molecule has 5 rings (SSSR count). The maximum absolute atomic E-state index is 15.2. The van der Waals surface area contributed by atoms with Crippen LogP contribution in [0.5, 0.6) is 5.75 Å². The van der Waals surface area contributed by atoms with Crippen LogP contribution in [0, 0.1) is 5.92 Å². The number of aromatic hydroxyl groups is 1. The summed E-state index contributed by atoms with van der Waals surface area (Å²) >= 11 is 0. The van der Waals surface area contributed by atoms with Gasteiger partial charge in [-0.05, 0) is 49.3 Å². The van der Waals surface area contributed by atoms with Gasteiger partial charge < -0.3 is 15.3 Å². The molecule has 0 radical (unpaired) electrons. The Morgan fingerprint density at radius 3 is 2.80 bits per heavy atom. The second-order valence-corrected chi connectivity index (χ2v) is 8.97. The molecule has 8 heteroatoms. The summed E-state index contributed by atoms with van der Waals surface area (Å²) in [5.74, 6) is 1.22. The van der Waals surface area contributed by atoms with Crippen LogP contribution in [0.4, 0.5) is 10.2 Å². The predicted octanol–water partition coefficient (Wildman–Crippen LogP) is 3.10. The second kappa shape index (κ2) is 6.84. The summed E-state index contributed by atoms with van der Waals surface area (Å²) in [7, 11) is 1.85. The van der Waals surface area contributed by atoms with Crippen LogP contribution in [0.2, 0.25) is 0 Å². The van der Waals surface area contributed by atoms with Crippen LogP contribution in [-0.2, 0) is 0 Å². The molecule has 0 aliphatic carbocycles. The Kier molecular flexibility index (Phi) is 4.36. The van der Waals surface area contributed by atoms with E-state index in [-0.39, 0.29) is 23.4 Å². The number of fused-ring (bicyclic) bond motifs is 3. The topological polar surface area (TPSA) is 87.1 Å². The number of nitrogens with zero attached hydrogens (tertiary/aromatic N) is 5. The van der Waals surface area contributed by atoms with E-state index in [4.69, 9.17) is 0 Å². The van der Waals surface area contributed by atoms with Crippen molar-refractivity contribution in [2.45, 2.75) is 50.5 Å². The number of hydrogen-bond acceptors (Lipinski definition) is 7. The smallest absolute Gasteiger partial charge is 0.185 e. The molecule has 0 spiro atoms. The fourth-order valence-electron chi connectivity index (χ4n) is 5.17. The zero-order valence-corrected chi connectivity index (χ0v) is 17.2. The first kappa shape index (κ1) is 19.1. The number of pyridine rings is 1. The van der Waals surface area contributed by atoms with E-state index in [1.807, 2.05) is 24.1 Å². The molecule has 2 unspecified atom stereocenters. The molecule has 2 saturated heterocycles. The second-order valence-electron chi connectivity index (χ2n) is 8.97. The van der Waals surface area contributed by atoms with Gasteiger partial charge in [-0.25, -0.2) is 9.37 Å². The van der Waals surface area contributed by atoms with Gasteiger partial charge in [0.2, 0.25) is 0 Å². The van der Waals surface area contributed by atoms with Crippen molar-refractivity contribution >= 4 is 16.6 Å². The molecular formula is C22H25FN6O. The minimum atomic E-state index is -0.986. The first-order valence-corrected chi connectivity index (χ1v) is 10.3. The minimum Gasteiger partial charge on any atom is -0.507 e. The van der Waals surface area contributed by atoms with Crippen molar-refractivity contribution in [1.29, 1.82) is 0 Å². The summed E-state index contributed by atoms with van der Waals surface area (Å²) in [6.45, 7) is 4.28. The van der Waals surface area contributed by atoms with Gasteiger partial charge in [0.15, 0.2) is 11.6 Å². The molecule has 7 nitrogen and oxygen atoms in total. The number of anilines is 1. The lowest BCUT2D eigenvalue weighted by Gasteiger charge is -2.43. The maximum atomic E-state index is 15.2. The fraction of sp³-hybridized carbons (Fsp3) is 0.455. The van der Waals surface area contributed by atoms with Gasteiger partial charge in [-0.3, -0.25) is 4.98 Å². The van der Waals surface area contributed by atoms with Crippen molar-refractivity contribution in [3.05, 3.63) is 36.8 Å². The number of alkyl halides is 1. The minimum absolute atomic E-state index is 0.0574. The zero-order chi connectivity index (χ0) is 21.0. The van der Waals surface area contributed by atoms with E-state index in [0.29, 0.717) is 29.5 Å². The van der Waals surface area contributed by atoms with Crippen molar-refractivity contribution in [3.8, 4) is 17.1 Å². The monoisotopic (exact) mass is 408 g/mol. The molecule has 2 fully saturated rings. The Labute approximate surface area is 174 Å². The Balaban J connectivity index is 1.42. The summed E-state index contributed by atoms with van der Waals surface area (Å²) in [4.78, 5) is 10.3. The van der Waals surface area contributed by atoms with Crippen LogP contribution >= 0.6 is 0 Å².